The molecule has 1 amide bonds. The second-order valence-electron chi connectivity index (χ2n) is 7.15. The van der Waals surface area contributed by atoms with Crippen LogP contribution in [0.25, 0.3) is 22.0 Å². The van der Waals surface area contributed by atoms with Crippen molar-refractivity contribution >= 4 is 22.5 Å². The predicted octanol–water partition coefficient (Wildman–Crippen LogP) is 2.84. The summed E-state index contributed by atoms with van der Waals surface area (Å²) in [4.78, 5) is 23.7. The van der Waals surface area contributed by atoms with Crippen molar-refractivity contribution in [3.05, 3.63) is 36.9 Å². The Morgan fingerprint density at radius 3 is 2.59 bits per heavy atom. The lowest BCUT2D eigenvalue weighted by molar-refractivity contribution is -0.121. The van der Waals surface area contributed by atoms with Crippen LogP contribution in [0.15, 0.2) is 36.9 Å². The van der Waals surface area contributed by atoms with Crippen LogP contribution in [0.1, 0.15) is 26.2 Å². The van der Waals surface area contributed by atoms with Crippen molar-refractivity contribution in [3.8, 4) is 11.3 Å². The van der Waals surface area contributed by atoms with E-state index < -0.39 is 0 Å². The maximum absolute atomic E-state index is 12.6. The van der Waals surface area contributed by atoms with Crippen LogP contribution in [0.4, 0.5) is 5.82 Å². The molecule has 0 spiro atoms. The summed E-state index contributed by atoms with van der Waals surface area (Å²) in [5.41, 5.74) is 1.81. The number of piperidine rings is 1. The van der Waals surface area contributed by atoms with E-state index in [2.05, 4.69) is 25.3 Å². The first-order valence-electron chi connectivity index (χ1n) is 9.40. The Balaban J connectivity index is 1.54. The van der Waals surface area contributed by atoms with Crippen LogP contribution in [0.5, 0.6) is 0 Å². The van der Waals surface area contributed by atoms with E-state index in [1.54, 1.807) is 23.3 Å². The number of pyridine rings is 2. The number of anilines is 1. The summed E-state index contributed by atoms with van der Waals surface area (Å²) in [6.45, 7) is 3.94. The van der Waals surface area contributed by atoms with Crippen molar-refractivity contribution in [2.75, 3.05) is 18.4 Å². The van der Waals surface area contributed by atoms with Crippen molar-refractivity contribution in [2.24, 2.45) is 7.05 Å². The summed E-state index contributed by atoms with van der Waals surface area (Å²) in [6.07, 6.45) is 10.8. The number of aromatic nitrogens is 4. The van der Waals surface area contributed by atoms with Crippen LogP contribution in [0.3, 0.4) is 0 Å². The molecule has 1 fully saturated rings. The highest BCUT2D eigenvalue weighted by molar-refractivity contribution is 5.96. The summed E-state index contributed by atoms with van der Waals surface area (Å²) in [7, 11) is 1.88. The van der Waals surface area contributed by atoms with Crippen molar-refractivity contribution < 1.29 is 4.79 Å². The molecule has 4 rings (SSSR count). The zero-order valence-corrected chi connectivity index (χ0v) is 15.7. The molecule has 7 nitrogen and oxygen atoms in total. The van der Waals surface area contributed by atoms with E-state index in [1.807, 2.05) is 32.3 Å². The average molecular weight is 364 g/mol. The molecule has 1 unspecified atom stereocenters. The number of nitrogens with zero attached hydrogens (tertiary/aromatic N) is 5. The molecule has 1 aliphatic heterocycles. The van der Waals surface area contributed by atoms with Crippen LogP contribution in [-0.2, 0) is 11.8 Å². The second kappa shape index (κ2) is 7.44. The minimum atomic E-state index is -0.147. The molecule has 0 bridgehead atoms. The van der Waals surface area contributed by atoms with Crippen LogP contribution in [0, 0.1) is 0 Å². The van der Waals surface area contributed by atoms with Gasteiger partial charge in [0, 0.05) is 36.6 Å². The minimum Gasteiger partial charge on any atom is -0.309 e. The molecule has 1 atom stereocenters. The fourth-order valence-corrected chi connectivity index (χ4v) is 3.52. The first kappa shape index (κ1) is 17.6. The minimum absolute atomic E-state index is 0.00899. The molecule has 1 N–H and O–H groups in total. The average Bonchev–Trinajstić information content (AvgIpc) is 3.14. The van der Waals surface area contributed by atoms with E-state index >= 15 is 0 Å². The zero-order chi connectivity index (χ0) is 18.8. The lowest BCUT2D eigenvalue weighted by atomic mass is 10.1. The smallest absolute Gasteiger partial charge is 0.242 e. The summed E-state index contributed by atoms with van der Waals surface area (Å²) in [5, 5.41) is 9.08. The summed E-state index contributed by atoms with van der Waals surface area (Å²) >= 11 is 0. The van der Waals surface area contributed by atoms with Crippen LogP contribution in [-0.4, -0.2) is 49.7 Å². The van der Waals surface area contributed by atoms with Gasteiger partial charge in [-0.25, -0.2) is 4.98 Å². The molecular formula is C20H24N6O. The number of fused-ring (bicyclic) bond motifs is 1. The third kappa shape index (κ3) is 3.83. The van der Waals surface area contributed by atoms with Gasteiger partial charge in [0.1, 0.15) is 5.82 Å². The quantitative estimate of drug-likeness (QED) is 0.770. The van der Waals surface area contributed by atoms with Crippen molar-refractivity contribution in [3.63, 3.8) is 0 Å². The monoisotopic (exact) mass is 364 g/mol. The molecule has 140 valence electrons. The van der Waals surface area contributed by atoms with Crippen LogP contribution >= 0.6 is 0 Å². The molecule has 4 heterocycles. The molecule has 0 radical (unpaired) electrons. The number of hydrogen-bond acceptors (Lipinski definition) is 5. The first-order valence-corrected chi connectivity index (χ1v) is 9.40. The lowest BCUT2D eigenvalue weighted by Gasteiger charge is -2.31. The maximum Gasteiger partial charge on any atom is 0.242 e. The second-order valence-corrected chi connectivity index (χ2v) is 7.15. The first-order chi connectivity index (χ1) is 13.1. The Hall–Kier alpha value is -2.80. The molecule has 0 saturated carbocycles. The highest BCUT2D eigenvalue weighted by atomic mass is 16.2. The van der Waals surface area contributed by atoms with Gasteiger partial charge in [-0.2, -0.15) is 5.10 Å². The largest absolute Gasteiger partial charge is 0.309 e. The standard InChI is InChI=1S/C20H24N6O/c1-14(26-6-4-3-5-7-26)20(27)24-19-9-15-8-18(17-12-23-25(2)13-17)21-10-16(15)11-22-19/h8-14H,3-7H2,1-2H3,(H,22,24,27). The van der Waals surface area contributed by atoms with E-state index in [1.165, 1.54) is 6.42 Å². The molecule has 7 heteroatoms. The highest BCUT2D eigenvalue weighted by Crippen LogP contribution is 2.23. The maximum atomic E-state index is 12.6. The van der Waals surface area contributed by atoms with Gasteiger partial charge in [0.25, 0.3) is 0 Å². The van der Waals surface area contributed by atoms with Gasteiger partial charge in [-0.1, -0.05) is 6.42 Å². The van der Waals surface area contributed by atoms with Gasteiger partial charge in [0.05, 0.1) is 17.9 Å². The zero-order valence-electron chi connectivity index (χ0n) is 15.7. The molecule has 3 aromatic rings. The number of likely N-dealkylation sites (tertiary alicyclic amines) is 1. The van der Waals surface area contributed by atoms with Gasteiger partial charge in [-0.3, -0.25) is 19.4 Å². The molecular weight excluding hydrogens is 340 g/mol. The number of aryl methyl sites for hydroxylation is 1. The van der Waals surface area contributed by atoms with E-state index in [-0.39, 0.29) is 11.9 Å². The SMILES string of the molecule is CC(C(=O)Nc1cc2cc(-c3cnn(C)c3)ncc2cn1)N1CCCCC1. The Bertz CT molecular complexity index is 960. The van der Waals surface area contributed by atoms with Gasteiger partial charge in [-0.15, -0.1) is 0 Å². The normalized spacial score (nSPS) is 16.4. The summed E-state index contributed by atoms with van der Waals surface area (Å²) < 4.78 is 1.75. The van der Waals surface area contributed by atoms with Crippen molar-refractivity contribution in [2.45, 2.75) is 32.2 Å². The Morgan fingerprint density at radius 2 is 1.85 bits per heavy atom. The van der Waals surface area contributed by atoms with Gasteiger partial charge < -0.3 is 5.32 Å². The van der Waals surface area contributed by atoms with E-state index in [0.29, 0.717) is 5.82 Å². The molecule has 0 aromatic carbocycles. The van der Waals surface area contributed by atoms with Crippen LogP contribution in [0.2, 0.25) is 0 Å². The van der Waals surface area contributed by atoms with Crippen molar-refractivity contribution in [1.29, 1.82) is 0 Å². The fourth-order valence-electron chi connectivity index (χ4n) is 3.52. The molecule has 27 heavy (non-hydrogen) atoms. The fraction of sp³-hybridized carbons (Fsp3) is 0.400. The number of nitrogens with one attached hydrogen (secondary N) is 1. The molecule has 0 aliphatic carbocycles. The Kier molecular flexibility index (Phi) is 4.85. The van der Waals surface area contributed by atoms with E-state index in [0.717, 1.165) is 48.0 Å². The Labute approximate surface area is 158 Å². The third-order valence-corrected chi connectivity index (χ3v) is 5.17. The summed E-state index contributed by atoms with van der Waals surface area (Å²) in [6, 6.07) is 3.75. The van der Waals surface area contributed by atoms with E-state index in [9.17, 15) is 4.79 Å². The van der Waals surface area contributed by atoms with Gasteiger partial charge >= 0.3 is 0 Å². The third-order valence-electron chi connectivity index (χ3n) is 5.17. The molecule has 1 saturated heterocycles. The topological polar surface area (TPSA) is 75.9 Å². The Morgan fingerprint density at radius 1 is 1.07 bits per heavy atom. The van der Waals surface area contributed by atoms with Crippen molar-refractivity contribution in [1.82, 2.24) is 24.6 Å². The molecule has 3 aromatic heterocycles. The number of rotatable bonds is 4. The van der Waals surface area contributed by atoms with Crippen LogP contribution < -0.4 is 5.32 Å². The van der Waals surface area contributed by atoms with E-state index in [4.69, 9.17) is 0 Å². The highest BCUT2D eigenvalue weighted by Gasteiger charge is 2.23. The number of carbonyl (C=O) groups is 1. The van der Waals surface area contributed by atoms with Gasteiger partial charge in [0.2, 0.25) is 5.91 Å². The number of hydrogen-bond donors (Lipinski definition) is 1. The summed E-state index contributed by atoms with van der Waals surface area (Å²) in [5.74, 6) is 0.560. The van der Waals surface area contributed by atoms with Gasteiger partial charge in [-0.05, 0) is 50.4 Å². The molecule has 1 aliphatic rings. The lowest BCUT2D eigenvalue weighted by Crippen LogP contribution is -2.44. The number of carbonyl (C=O) groups excluding carboxylic acids is 1. The predicted molar refractivity (Wildman–Crippen MR) is 105 cm³/mol. The van der Waals surface area contributed by atoms with Gasteiger partial charge in [0.15, 0.2) is 0 Å². The number of amides is 1.